The molecule has 0 bridgehead atoms. The number of para-hydroxylation sites is 1. The van der Waals surface area contributed by atoms with Crippen molar-refractivity contribution >= 4 is 11.8 Å². The van der Waals surface area contributed by atoms with Gasteiger partial charge in [-0.3, -0.25) is 9.59 Å². The minimum atomic E-state index is -0.0839. The molecule has 158 valence electrons. The molecule has 0 radical (unpaired) electrons. The number of hydrogen-bond donors (Lipinski definition) is 1. The average molecular weight is 407 g/mol. The zero-order chi connectivity index (χ0) is 20.9. The number of ether oxygens (including phenoxy) is 1. The maximum atomic E-state index is 12.5. The van der Waals surface area contributed by atoms with E-state index in [1.807, 2.05) is 36.4 Å². The van der Waals surface area contributed by atoms with Crippen molar-refractivity contribution in [2.45, 2.75) is 38.6 Å². The highest BCUT2D eigenvalue weighted by molar-refractivity contribution is 5.94. The second-order valence-corrected chi connectivity index (χ2v) is 8.44. The maximum Gasteiger partial charge on any atom is 0.251 e. The molecular formula is C25H30N2O3. The van der Waals surface area contributed by atoms with Crippen LogP contribution in [-0.2, 0) is 17.8 Å². The van der Waals surface area contributed by atoms with Gasteiger partial charge in [0.05, 0.1) is 7.11 Å². The van der Waals surface area contributed by atoms with Crippen LogP contribution < -0.4 is 10.1 Å². The molecule has 1 saturated heterocycles. The molecular weight excluding hydrogens is 376 g/mol. The number of methoxy groups -OCH3 is 1. The van der Waals surface area contributed by atoms with E-state index >= 15 is 0 Å². The zero-order valence-electron chi connectivity index (χ0n) is 17.6. The van der Waals surface area contributed by atoms with Crippen LogP contribution in [0, 0.1) is 11.8 Å². The number of piperidine rings is 1. The van der Waals surface area contributed by atoms with Crippen LogP contribution in [0.4, 0.5) is 0 Å². The lowest BCUT2D eigenvalue weighted by molar-refractivity contribution is -0.133. The first-order valence-corrected chi connectivity index (χ1v) is 10.9. The first-order valence-electron chi connectivity index (χ1n) is 10.9. The summed E-state index contributed by atoms with van der Waals surface area (Å²) in [5, 5.41) is 2.96. The second kappa shape index (κ2) is 9.33. The van der Waals surface area contributed by atoms with Crippen LogP contribution in [0.15, 0.2) is 48.5 Å². The maximum absolute atomic E-state index is 12.5. The Labute approximate surface area is 178 Å². The molecule has 0 aromatic heterocycles. The predicted octanol–water partition coefficient (Wildman–Crippen LogP) is 3.82. The Hall–Kier alpha value is -2.82. The van der Waals surface area contributed by atoms with E-state index in [0.717, 1.165) is 56.5 Å². The number of likely N-dealkylation sites (tertiary alicyclic amines) is 1. The molecule has 1 N–H and O–H groups in total. The van der Waals surface area contributed by atoms with E-state index in [4.69, 9.17) is 4.74 Å². The Morgan fingerprint density at radius 3 is 2.37 bits per heavy atom. The monoisotopic (exact) mass is 406 g/mol. The average Bonchev–Trinajstić information content (AvgIpc) is 3.64. The van der Waals surface area contributed by atoms with Crippen molar-refractivity contribution in [3.05, 3.63) is 65.2 Å². The fourth-order valence-electron chi connectivity index (χ4n) is 4.20. The Balaban J connectivity index is 1.25. The number of carbonyl (C=O) groups is 2. The summed E-state index contributed by atoms with van der Waals surface area (Å²) in [7, 11) is 1.63. The molecule has 0 unspecified atom stereocenters. The van der Waals surface area contributed by atoms with Crippen LogP contribution in [0.5, 0.6) is 5.75 Å². The number of nitrogens with one attached hydrogen (secondary N) is 1. The van der Waals surface area contributed by atoms with Gasteiger partial charge in [0.2, 0.25) is 5.91 Å². The Bertz CT molecular complexity index is 882. The van der Waals surface area contributed by atoms with E-state index in [-0.39, 0.29) is 5.91 Å². The Morgan fingerprint density at radius 1 is 1.00 bits per heavy atom. The van der Waals surface area contributed by atoms with Crippen molar-refractivity contribution in [2.75, 3.05) is 20.2 Å². The predicted molar refractivity (Wildman–Crippen MR) is 116 cm³/mol. The second-order valence-electron chi connectivity index (χ2n) is 8.44. The minimum Gasteiger partial charge on any atom is -0.496 e. The van der Waals surface area contributed by atoms with Gasteiger partial charge in [-0.1, -0.05) is 30.3 Å². The van der Waals surface area contributed by atoms with Gasteiger partial charge in [0.1, 0.15) is 5.75 Å². The SMILES string of the molecule is COc1ccccc1CNC(=O)c1ccc(CC2CCN(C(=O)C3CC3)CC2)cc1. The molecule has 0 atom stereocenters. The van der Waals surface area contributed by atoms with Gasteiger partial charge in [0.25, 0.3) is 5.91 Å². The molecule has 1 saturated carbocycles. The number of hydrogen-bond acceptors (Lipinski definition) is 3. The van der Waals surface area contributed by atoms with Gasteiger partial charge in [-0.2, -0.15) is 0 Å². The highest BCUT2D eigenvalue weighted by Crippen LogP contribution is 2.33. The van der Waals surface area contributed by atoms with Crippen LogP contribution in [0.2, 0.25) is 0 Å². The van der Waals surface area contributed by atoms with E-state index in [2.05, 4.69) is 22.3 Å². The third-order valence-electron chi connectivity index (χ3n) is 6.23. The van der Waals surface area contributed by atoms with Gasteiger partial charge in [-0.05, 0) is 61.8 Å². The third kappa shape index (κ3) is 5.02. The highest BCUT2D eigenvalue weighted by Gasteiger charge is 2.34. The lowest BCUT2D eigenvalue weighted by Crippen LogP contribution is -2.39. The van der Waals surface area contributed by atoms with Crippen molar-refractivity contribution in [3.8, 4) is 5.75 Å². The normalized spacial score (nSPS) is 16.9. The minimum absolute atomic E-state index is 0.0839. The van der Waals surface area contributed by atoms with Crippen LogP contribution in [0.1, 0.15) is 47.2 Å². The molecule has 5 nitrogen and oxygen atoms in total. The molecule has 30 heavy (non-hydrogen) atoms. The lowest BCUT2D eigenvalue weighted by Gasteiger charge is -2.32. The highest BCUT2D eigenvalue weighted by atomic mass is 16.5. The van der Waals surface area contributed by atoms with E-state index in [1.54, 1.807) is 7.11 Å². The van der Waals surface area contributed by atoms with Crippen LogP contribution in [-0.4, -0.2) is 36.9 Å². The van der Waals surface area contributed by atoms with E-state index < -0.39 is 0 Å². The van der Waals surface area contributed by atoms with Gasteiger partial charge in [-0.15, -0.1) is 0 Å². The Morgan fingerprint density at radius 2 is 1.70 bits per heavy atom. The summed E-state index contributed by atoms with van der Waals surface area (Å²) >= 11 is 0. The molecule has 1 heterocycles. The van der Waals surface area contributed by atoms with Crippen LogP contribution in [0.3, 0.4) is 0 Å². The fraction of sp³-hybridized carbons (Fsp3) is 0.440. The first kappa shape index (κ1) is 20.5. The van der Waals surface area contributed by atoms with Crippen molar-refractivity contribution < 1.29 is 14.3 Å². The smallest absolute Gasteiger partial charge is 0.251 e. The molecule has 2 fully saturated rings. The van der Waals surface area contributed by atoms with E-state index in [1.165, 1.54) is 5.56 Å². The quantitative estimate of drug-likeness (QED) is 0.761. The van der Waals surface area contributed by atoms with Gasteiger partial charge in [-0.25, -0.2) is 0 Å². The summed E-state index contributed by atoms with van der Waals surface area (Å²) in [4.78, 5) is 26.7. The number of rotatable bonds is 7. The standard InChI is InChI=1S/C25H30N2O3/c1-30-23-5-3-2-4-22(23)17-26-24(28)20-8-6-18(7-9-20)16-19-12-14-27(15-13-19)25(29)21-10-11-21/h2-9,19,21H,10-17H2,1H3,(H,26,28). The fourth-order valence-corrected chi connectivity index (χ4v) is 4.20. The molecule has 2 amide bonds. The number of benzene rings is 2. The molecule has 0 spiro atoms. The summed E-state index contributed by atoms with van der Waals surface area (Å²) in [6.07, 6.45) is 5.31. The van der Waals surface area contributed by atoms with Gasteiger partial charge in [0.15, 0.2) is 0 Å². The summed E-state index contributed by atoms with van der Waals surface area (Å²) in [5.74, 6) is 2.00. The summed E-state index contributed by atoms with van der Waals surface area (Å²) in [6, 6.07) is 15.6. The van der Waals surface area contributed by atoms with Gasteiger partial charge < -0.3 is 15.0 Å². The lowest BCUT2D eigenvalue weighted by atomic mass is 9.89. The molecule has 5 heteroatoms. The van der Waals surface area contributed by atoms with Gasteiger partial charge >= 0.3 is 0 Å². The summed E-state index contributed by atoms with van der Waals surface area (Å²) in [6.45, 7) is 2.22. The number of nitrogens with zero attached hydrogens (tertiary/aromatic N) is 1. The van der Waals surface area contributed by atoms with Crippen molar-refractivity contribution in [1.29, 1.82) is 0 Å². The van der Waals surface area contributed by atoms with Crippen LogP contribution in [0.25, 0.3) is 0 Å². The summed E-state index contributed by atoms with van der Waals surface area (Å²) < 4.78 is 5.33. The molecule has 4 rings (SSSR count). The molecule has 1 aliphatic heterocycles. The molecule has 2 aromatic rings. The van der Waals surface area contributed by atoms with Crippen molar-refractivity contribution in [2.24, 2.45) is 11.8 Å². The third-order valence-corrected chi connectivity index (χ3v) is 6.23. The van der Waals surface area contributed by atoms with Crippen molar-refractivity contribution in [3.63, 3.8) is 0 Å². The van der Waals surface area contributed by atoms with E-state index in [9.17, 15) is 9.59 Å². The molecule has 2 aromatic carbocycles. The molecule has 1 aliphatic carbocycles. The summed E-state index contributed by atoms with van der Waals surface area (Å²) in [5.41, 5.74) is 2.87. The Kier molecular flexibility index (Phi) is 6.36. The topological polar surface area (TPSA) is 58.6 Å². The zero-order valence-corrected chi connectivity index (χ0v) is 17.6. The van der Waals surface area contributed by atoms with Crippen LogP contribution >= 0.6 is 0 Å². The van der Waals surface area contributed by atoms with E-state index in [0.29, 0.717) is 29.9 Å². The number of amides is 2. The van der Waals surface area contributed by atoms with Gasteiger partial charge in [0, 0.05) is 36.7 Å². The van der Waals surface area contributed by atoms with Crippen molar-refractivity contribution in [1.82, 2.24) is 10.2 Å². The first-order chi connectivity index (χ1) is 14.6. The largest absolute Gasteiger partial charge is 0.496 e. The number of carbonyl (C=O) groups excluding carboxylic acids is 2. The molecule has 2 aliphatic rings.